The molecule has 0 bridgehead atoms. The van der Waals surface area contributed by atoms with E-state index in [9.17, 15) is 4.79 Å². The summed E-state index contributed by atoms with van der Waals surface area (Å²) in [6.45, 7) is 10.2. The molecule has 2 atom stereocenters. The molecular weight excluding hydrogens is 224 g/mol. The van der Waals surface area contributed by atoms with Crippen LogP contribution in [0.25, 0.3) is 0 Å². The molecule has 106 valence electrons. The first-order valence-electron chi connectivity index (χ1n) is 7.43. The molecule has 1 fully saturated rings. The molecule has 0 saturated heterocycles. The lowest BCUT2D eigenvalue weighted by molar-refractivity contribution is -0.120. The van der Waals surface area contributed by atoms with Gasteiger partial charge in [0.15, 0.2) is 0 Å². The van der Waals surface area contributed by atoms with Gasteiger partial charge < -0.3 is 10.6 Å². The minimum atomic E-state index is 0.120. The van der Waals surface area contributed by atoms with Crippen molar-refractivity contribution in [3.05, 3.63) is 0 Å². The fourth-order valence-corrected chi connectivity index (χ4v) is 2.87. The number of carbonyl (C=O) groups is 1. The van der Waals surface area contributed by atoms with Crippen LogP contribution in [0.4, 0.5) is 0 Å². The molecule has 0 spiro atoms. The standard InChI is InChI=1S/C15H30N2O/c1-5-16-14(18)11-17-13-8-6-7-12(9-10-13)15(2,3)4/h12-13,17H,5-11H2,1-4H3,(H,16,18). The summed E-state index contributed by atoms with van der Waals surface area (Å²) in [5.41, 5.74) is 0.425. The van der Waals surface area contributed by atoms with Gasteiger partial charge >= 0.3 is 0 Å². The van der Waals surface area contributed by atoms with Crippen LogP contribution >= 0.6 is 0 Å². The van der Waals surface area contributed by atoms with Crippen molar-refractivity contribution < 1.29 is 4.79 Å². The highest BCUT2D eigenvalue weighted by Gasteiger charge is 2.27. The van der Waals surface area contributed by atoms with Gasteiger partial charge in [-0.3, -0.25) is 4.79 Å². The van der Waals surface area contributed by atoms with Crippen LogP contribution in [-0.2, 0) is 4.79 Å². The molecule has 1 rings (SSSR count). The SMILES string of the molecule is CCNC(=O)CNC1CCCC(C(C)(C)C)CC1. The molecule has 0 aromatic rings. The second-order valence-electron chi connectivity index (χ2n) is 6.60. The van der Waals surface area contributed by atoms with Gasteiger partial charge in [-0.05, 0) is 43.9 Å². The van der Waals surface area contributed by atoms with Gasteiger partial charge in [0.1, 0.15) is 0 Å². The summed E-state index contributed by atoms with van der Waals surface area (Å²) in [6.07, 6.45) is 6.34. The van der Waals surface area contributed by atoms with Gasteiger partial charge in [-0.1, -0.05) is 27.2 Å². The predicted molar refractivity (Wildman–Crippen MR) is 76.5 cm³/mol. The molecule has 0 radical (unpaired) electrons. The van der Waals surface area contributed by atoms with Crippen molar-refractivity contribution in [3.8, 4) is 0 Å². The highest BCUT2D eigenvalue weighted by Crippen LogP contribution is 2.36. The van der Waals surface area contributed by atoms with Crippen molar-refractivity contribution in [3.63, 3.8) is 0 Å². The summed E-state index contributed by atoms with van der Waals surface area (Å²) in [7, 11) is 0. The quantitative estimate of drug-likeness (QED) is 0.757. The number of rotatable bonds is 4. The number of amides is 1. The van der Waals surface area contributed by atoms with Crippen LogP contribution in [0.2, 0.25) is 0 Å². The Balaban J connectivity index is 2.31. The van der Waals surface area contributed by atoms with Crippen molar-refractivity contribution in [2.45, 2.75) is 65.8 Å². The molecule has 1 aliphatic rings. The molecule has 2 N–H and O–H groups in total. The lowest BCUT2D eigenvalue weighted by Crippen LogP contribution is -2.39. The monoisotopic (exact) mass is 254 g/mol. The third-order valence-corrected chi connectivity index (χ3v) is 4.12. The zero-order chi connectivity index (χ0) is 13.6. The van der Waals surface area contributed by atoms with E-state index < -0.39 is 0 Å². The van der Waals surface area contributed by atoms with Gasteiger partial charge in [0.25, 0.3) is 0 Å². The first-order chi connectivity index (χ1) is 8.43. The van der Waals surface area contributed by atoms with Crippen LogP contribution in [0, 0.1) is 11.3 Å². The van der Waals surface area contributed by atoms with E-state index in [1.807, 2.05) is 6.92 Å². The first-order valence-corrected chi connectivity index (χ1v) is 7.43. The summed E-state index contributed by atoms with van der Waals surface area (Å²) >= 11 is 0. The smallest absolute Gasteiger partial charge is 0.233 e. The average Bonchev–Trinajstić information content (AvgIpc) is 2.51. The zero-order valence-electron chi connectivity index (χ0n) is 12.5. The summed E-state index contributed by atoms with van der Waals surface area (Å²) in [6, 6.07) is 0.528. The Hall–Kier alpha value is -0.570. The van der Waals surface area contributed by atoms with Gasteiger partial charge in [-0.25, -0.2) is 0 Å². The fourth-order valence-electron chi connectivity index (χ4n) is 2.87. The molecule has 3 heteroatoms. The highest BCUT2D eigenvalue weighted by atomic mass is 16.1. The van der Waals surface area contributed by atoms with E-state index in [-0.39, 0.29) is 5.91 Å². The molecular formula is C15H30N2O. The molecule has 1 amide bonds. The Kier molecular flexibility index (Phi) is 6.13. The molecule has 2 unspecified atom stereocenters. The second-order valence-corrected chi connectivity index (χ2v) is 6.60. The molecule has 0 aromatic heterocycles. The van der Waals surface area contributed by atoms with Gasteiger partial charge in [0, 0.05) is 12.6 Å². The van der Waals surface area contributed by atoms with Crippen LogP contribution in [0.15, 0.2) is 0 Å². The number of carbonyl (C=O) groups excluding carboxylic acids is 1. The molecule has 1 aliphatic carbocycles. The maximum absolute atomic E-state index is 11.4. The Bertz CT molecular complexity index is 258. The van der Waals surface area contributed by atoms with E-state index in [1.165, 1.54) is 32.1 Å². The molecule has 0 aromatic carbocycles. The minimum Gasteiger partial charge on any atom is -0.355 e. The van der Waals surface area contributed by atoms with Crippen LogP contribution in [0.5, 0.6) is 0 Å². The Morgan fingerprint density at radius 3 is 2.50 bits per heavy atom. The third-order valence-electron chi connectivity index (χ3n) is 4.12. The maximum Gasteiger partial charge on any atom is 0.233 e. The van der Waals surface area contributed by atoms with Crippen molar-refractivity contribution in [1.82, 2.24) is 10.6 Å². The van der Waals surface area contributed by atoms with Crippen molar-refractivity contribution >= 4 is 5.91 Å². The van der Waals surface area contributed by atoms with Gasteiger partial charge in [0.05, 0.1) is 6.54 Å². The predicted octanol–water partition coefficient (Wildman–Crippen LogP) is 2.71. The van der Waals surface area contributed by atoms with Crippen molar-refractivity contribution in [2.24, 2.45) is 11.3 Å². The maximum atomic E-state index is 11.4. The van der Waals surface area contributed by atoms with Crippen LogP contribution in [-0.4, -0.2) is 25.0 Å². The minimum absolute atomic E-state index is 0.120. The second kappa shape index (κ2) is 7.13. The van der Waals surface area contributed by atoms with E-state index in [4.69, 9.17) is 0 Å². The molecule has 0 aliphatic heterocycles. The Morgan fingerprint density at radius 1 is 1.17 bits per heavy atom. The van der Waals surface area contributed by atoms with Crippen LogP contribution in [0.3, 0.4) is 0 Å². The normalized spacial score (nSPS) is 25.6. The van der Waals surface area contributed by atoms with Crippen LogP contribution in [0.1, 0.15) is 59.8 Å². The largest absolute Gasteiger partial charge is 0.355 e. The number of hydrogen-bond acceptors (Lipinski definition) is 2. The highest BCUT2D eigenvalue weighted by molar-refractivity contribution is 5.77. The Labute approximate surface area is 112 Å². The van der Waals surface area contributed by atoms with Gasteiger partial charge in [0.2, 0.25) is 5.91 Å². The summed E-state index contributed by atoms with van der Waals surface area (Å²) in [4.78, 5) is 11.4. The van der Waals surface area contributed by atoms with Crippen molar-refractivity contribution in [2.75, 3.05) is 13.1 Å². The first kappa shape index (κ1) is 15.5. The lowest BCUT2D eigenvalue weighted by atomic mass is 9.76. The lowest BCUT2D eigenvalue weighted by Gasteiger charge is -2.29. The topological polar surface area (TPSA) is 41.1 Å². The molecule has 1 saturated carbocycles. The van der Waals surface area contributed by atoms with Crippen molar-refractivity contribution in [1.29, 1.82) is 0 Å². The van der Waals surface area contributed by atoms with E-state index in [0.29, 0.717) is 18.0 Å². The number of likely N-dealkylation sites (N-methyl/N-ethyl adjacent to an activating group) is 1. The van der Waals surface area contributed by atoms with E-state index >= 15 is 0 Å². The summed E-state index contributed by atoms with van der Waals surface area (Å²) in [5, 5.41) is 6.24. The van der Waals surface area contributed by atoms with Gasteiger partial charge in [-0.15, -0.1) is 0 Å². The Morgan fingerprint density at radius 2 is 1.89 bits per heavy atom. The van der Waals surface area contributed by atoms with E-state index in [2.05, 4.69) is 31.4 Å². The summed E-state index contributed by atoms with van der Waals surface area (Å²) in [5.74, 6) is 0.947. The van der Waals surface area contributed by atoms with Gasteiger partial charge in [-0.2, -0.15) is 0 Å². The number of nitrogens with one attached hydrogen (secondary N) is 2. The van der Waals surface area contributed by atoms with Crippen LogP contribution < -0.4 is 10.6 Å². The average molecular weight is 254 g/mol. The third kappa shape index (κ3) is 5.38. The molecule has 0 heterocycles. The zero-order valence-corrected chi connectivity index (χ0v) is 12.5. The molecule has 3 nitrogen and oxygen atoms in total. The van der Waals surface area contributed by atoms with E-state index in [0.717, 1.165) is 12.5 Å². The fraction of sp³-hybridized carbons (Fsp3) is 0.933. The van der Waals surface area contributed by atoms with E-state index in [1.54, 1.807) is 0 Å². The number of hydrogen-bond donors (Lipinski definition) is 2. The molecule has 18 heavy (non-hydrogen) atoms. The summed E-state index contributed by atoms with van der Waals surface area (Å²) < 4.78 is 0.